The largest absolute Gasteiger partial charge is 0.312 e. The number of hydrogen-bond acceptors (Lipinski definition) is 5. The minimum absolute atomic E-state index is 0.346. The molecule has 0 bridgehead atoms. The lowest BCUT2D eigenvalue weighted by Crippen LogP contribution is -2.18. The van der Waals surface area contributed by atoms with E-state index in [0.717, 1.165) is 10.1 Å². The molecule has 0 aliphatic carbocycles. The first-order valence-electron chi connectivity index (χ1n) is 5.84. The predicted octanol–water partition coefficient (Wildman–Crippen LogP) is 3.21. The minimum Gasteiger partial charge on any atom is -0.312 e. The first-order valence-corrected chi connectivity index (χ1v) is 7.60. The Morgan fingerprint density at radius 2 is 2.17 bits per heavy atom. The van der Waals surface area contributed by atoms with Crippen molar-refractivity contribution in [1.82, 2.24) is 14.7 Å². The smallest absolute Gasteiger partial charge is 0.169 e. The van der Waals surface area contributed by atoms with Crippen LogP contribution >= 0.6 is 23.3 Å². The van der Waals surface area contributed by atoms with Crippen LogP contribution in [0.25, 0.3) is 0 Å². The number of aromatic nitrogens is 2. The quantitative estimate of drug-likeness (QED) is 0.853. The molecule has 1 unspecified atom stereocenters. The van der Waals surface area contributed by atoms with Gasteiger partial charge in [-0.15, -0.1) is 0 Å². The summed E-state index contributed by atoms with van der Waals surface area (Å²) in [6, 6.07) is 6.99. The zero-order valence-corrected chi connectivity index (χ0v) is 12.4. The van der Waals surface area contributed by atoms with Gasteiger partial charge in [0.25, 0.3) is 0 Å². The van der Waals surface area contributed by atoms with Crippen molar-refractivity contribution in [3.05, 3.63) is 41.2 Å². The molecule has 0 radical (unpaired) electrons. The molecule has 96 valence electrons. The van der Waals surface area contributed by atoms with Gasteiger partial charge in [0.05, 0.1) is 0 Å². The second-order valence-corrected chi connectivity index (χ2v) is 6.25. The fraction of sp³-hybridized carbons (Fsp3) is 0.385. The van der Waals surface area contributed by atoms with Crippen molar-refractivity contribution < 1.29 is 0 Å². The fourth-order valence-corrected chi connectivity index (χ4v) is 3.32. The number of thioether (sulfide) groups is 1. The highest BCUT2D eigenvalue weighted by Gasteiger charge is 2.11. The molecule has 1 N–H and O–H groups in total. The van der Waals surface area contributed by atoms with E-state index >= 15 is 0 Å². The summed E-state index contributed by atoms with van der Waals surface area (Å²) in [6.07, 6.45) is 1.61. The van der Waals surface area contributed by atoms with E-state index in [1.165, 1.54) is 28.2 Å². The summed E-state index contributed by atoms with van der Waals surface area (Å²) in [7, 11) is 2.00. The molecule has 0 amide bonds. The Bertz CT molecular complexity index is 497. The molecule has 0 aliphatic rings. The van der Waals surface area contributed by atoms with Crippen molar-refractivity contribution in [3.63, 3.8) is 0 Å². The van der Waals surface area contributed by atoms with Crippen molar-refractivity contribution in [2.45, 2.75) is 24.2 Å². The lowest BCUT2D eigenvalue weighted by atomic mass is 10.0. The van der Waals surface area contributed by atoms with Gasteiger partial charge in [-0.3, -0.25) is 0 Å². The van der Waals surface area contributed by atoms with Crippen LogP contribution in [0.1, 0.15) is 22.7 Å². The van der Waals surface area contributed by atoms with Gasteiger partial charge in [-0.2, -0.15) is 4.37 Å². The van der Waals surface area contributed by atoms with Crippen LogP contribution in [0.5, 0.6) is 0 Å². The molecule has 0 saturated heterocycles. The molecule has 2 aromatic rings. The molecule has 0 saturated carbocycles. The Hall–Kier alpha value is -0.910. The maximum atomic E-state index is 4.19. The van der Waals surface area contributed by atoms with Gasteiger partial charge in [0.2, 0.25) is 0 Å². The number of rotatable bonds is 5. The van der Waals surface area contributed by atoms with Crippen LogP contribution in [0.2, 0.25) is 0 Å². The van der Waals surface area contributed by atoms with Crippen LogP contribution in [0, 0.1) is 13.8 Å². The van der Waals surface area contributed by atoms with Gasteiger partial charge in [-0.1, -0.05) is 30.0 Å². The average molecular weight is 279 g/mol. The van der Waals surface area contributed by atoms with Crippen molar-refractivity contribution in [2.75, 3.05) is 12.8 Å². The number of benzene rings is 1. The topological polar surface area (TPSA) is 37.8 Å². The molecule has 2 rings (SSSR count). The summed E-state index contributed by atoms with van der Waals surface area (Å²) in [5.74, 6) is 0.966. The summed E-state index contributed by atoms with van der Waals surface area (Å²) in [5.41, 5.74) is 4.01. The van der Waals surface area contributed by atoms with Crippen LogP contribution in [0.4, 0.5) is 0 Å². The van der Waals surface area contributed by atoms with E-state index in [0.29, 0.717) is 6.04 Å². The van der Waals surface area contributed by atoms with Gasteiger partial charge in [0.15, 0.2) is 4.34 Å². The number of nitrogens with zero attached hydrogens (tertiary/aromatic N) is 2. The Kier molecular flexibility index (Phi) is 4.74. The molecule has 18 heavy (non-hydrogen) atoms. The Morgan fingerprint density at radius 3 is 2.78 bits per heavy atom. The van der Waals surface area contributed by atoms with E-state index in [-0.39, 0.29) is 0 Å². The standard InChI is InChI=1S/C13H17N3S2/c1-9-4-5-11(6-10(9)2)12(14-3)7-17-13-15-8-16-18-13/h4-6,8,12,14H,7H2,1-3H3. The summed E-state index contributed by atoms with van der Waals surface area (Å²) in [5, 5.41) is 3.36. The summed E-state index contributed by atoms with van der Waals surface area (Å²) < 4.78 is 5.04. The van der Waals surface area contributed by atoms with Crippen LogP contribution < -0.4 is 5.32 Å². The monoisotopic (exact) mass is 279 g/mol. The van der Waals surface area contributed by atoms with Gasteiger partial charge < -0.3 is 5.32 Å². The van der Waals surface area contributed by atoms with Crippen molar-refractivity contribution in [2.24, 2.45) is 0 Å². The molecule has 1 heterocycles. The molecule has 0 fully saturated rings. The normalized spacial score (nSPS) is 12.6. The lowest BCUT2D eigenvalue weighted by molar-refractivity contribution is 0.661. The van der Waals surface area contributed by atoms with Crippen LogP contribution in [0.15, 0.2) is 28.9 Å². The first-order chi connectivity index (χ1) is 8.70. The van der Waals surface area contributed by atoms with Gasteiger partial charge in [-0.05, 0) is 49.1 Å². The molecule has 0 spiro atoms. The molecule has 3 nitrogen and oxygen atoms in total. The van der Waals surface area contributed by atoms with Gasteiger partial charge in [0, 0.05) is 11.8 Å². The van der Waals surface area contributed by atoms with Crippen molar-refractivity contribution in [3.8, 4) is 0 Å². The van der Waals surface area contributed by atoms with Gasteiger partial charge in [0.1, 0.15) is 6.33 Å². The zero-order chi connectivity index (χ0) is 13.0. The third-order valence-electron chi connectivity index (χ3n) is 3.00. The third-order valence-corrected chi connectivity index (χ3v) is 4.89. The van der Waals surface area contributed by atoms with E-state index in [9.17, 15) is 0 Å². The Balaban J connectivity index is 2.05. The fourth-order valence-electron chi connectivity index (χ4n) is 1.71. The average Bonchev–Trinajstić information content (AvgIpc) is 2.87. The first kappa shape index (κ1) is 13.5. The van der Waals surface area contributed by atoms with Gasteiger partial charge in [-0.25, -0.2) is 4.98 Å². The van der Waals surface area contributed by atoms with Crippen molar-refractivity contribution in [1.29, 1.82) is 0 Å². The summed E-state index contributed by atoms with van der Waals surface area (Å²) in [6.45, 7) is 4.30. The van der Waals surface area contributed by atoms with E-state index in [1.54, 1.807) is 18.1 Å². The second kappa shape index (κ2) is 6.31. The third kappa shape index (κ3) is 3.31. The molecule has 1 atom stereocenters. The lowest BCUT2D eigenvalue weighted by Gasteiger charge is -2.16. The van der Waals surface area contributed by atoms with E-state index in [2.05, 4.69) is 46.7 Å². The number of hydrogen-bond donors (Lipinski definition) is 1. The Labute approximate surface area is 116 Å². The highest BCUT2D eigenvalue weighted by molar-refractivity contribution is 8.00. The molecule has 1 aromatic heterocycles. The van der Waals surface area contributed by atoms with E-state index < -0.39 is 0 Å². The highest BCUT2D eigenvalue weighted by Crippen LogP contribution is 2.26. The number of nitrogens with one attached hydrogen (secondary N) is 1. The summed E-state index contributed by atoms with van der Waals surface area (Å²) in [4.78, 5) is 4.19. The van der Waals surface area contributed by atoms with Crippen LogP contribution in [-0.2, 0) is 0 Å². The molecular weight excluding hydrogens is 262 g/mol. The molecule has 1 aromatic carbocycles. The highest BCUT2D eigenvalue weighted by atomic mass is 32.2. The maximum absolute atomic E-state index is 4.19. The van der Waals surface area contributed by atoms with E-state index in [1.807, 2.05) is 7.05 Å². The van der Waals surface area contributed by atoms with Gasteiger partial charge >= 0.3 is 0 Å². The molecular formula is C13H17N3S2. The van der Waals surface area contributed by atoms with Crippen LogP contribution in [0.3, 0.4) is 0 Å². The van der Waals surface area contributed by atoms with E-state index in [4.69, 9.17) is 0 Å². The van der Waals surface area contributed by atoms with Crippen LogP contribution in [-0.4, -0.2) is 22.2 Å². The number of aryl methyl sites for hydroxylation is 2. The molecule has 5 heteroatoms. The maximum Gasteiger partial charge on any atom is 0.169 e. The predicted molar refractivity (Wildman–Crippen MR) is 78.3 cm³/mol. The zero-order valence-electron chi connectivity index (χ0n) is 10.8. The van der Waals surface area contributed by atoms with Crippen molar-refractivity contribution >= 4 is 23.3 Å². The second-order valence-electron chi connectivity index (χ2n) is 4.20. The summed E-state index contributed by atoms with van der Waals surface area (Å²) >= 11 is 3.20. The molecule has 0 aliphatic heterocycles. The Morgan fingerprint density at radius 1 is 1.33 bits per heavy atom. The minimum atomic E-state index is 0.346. The SMILES string of the molecule is CNC(CSc1ncns1)c1ccc(C)c(C)c1.